The number of para-hydroxylation sites is 1. The van der Waals surface area contributed by atoms with Crippen molar-refractivity contribution in [2.24, 2.45) is 0 Å². The second kappa shape index (κ2) is 7.39. The normalized spacial score (nSPS) is 15.2. The van der Waals surface area contributed by atoms with E-state index >= 15 is 0 Å². The molecule has 2 aromatic carbocycles. The van der Waals surface area contributed by atoms with E-state index in [-0.39, 0.29) is 21.4 Å². The Hall–Kier alpha value is -1.89. The smallest absolute Gasteiger partial charge is 0.255 e. The number of hydrogen-bond acceptors (Lipinski definition) is 3. The first kappa shape index (κ1) is 18.9. The van der Waals surface area contributed by atoms with Crippen LogP contribution in [0.25, 0.3) is 0 Å². The third kappa shape index (κ3) is 3.63. The molecular weight excluding hydrogens is 372 g/mol. The second-order valence-electron chi connectivity index (χ2n) is 6.48. The van der Waals surface area contributed by atoms with E-state index < -0.39 is 10.0 Å². The van der Waals surface area contributed by atoms with Crippen LogP contribution in [0.2, 0.25) is 5.02 Å². The van der Waals surface area contributed by atoms with Gasteiger partial charge in [-0.05, 0) is 56.0 Å². The lowest BCUT2D eigenvalue weighted by atomic mass is 10.1. The first-order valence-corrected chi connectivity index (χ1v) is 10.3. The average Bonchev–Trinajstić information content (AvgIpc) is 3.14. The molecule has 1 fully saturated rings. The Morgan fingerprint density at radius 3 is 2.31 bits per heavy atom. The lowest BCUT2D eigenvalue weighted by Crippen LogP contribution is -2.28. The van der Waals surface area contributed by atoms with E-state index in [4.69, 9.17) is 11.6 Å². The molecule has 1 heterocycles. The summed E-state index contributed by atoms with van der Waals surface area (Å²) < 4.78 is 27.0. The van der Waals surface area contributed by atoms with E-state index in [2.05, 4.69) is 5.32 Å². The van der Waals surface area contributed by atoms with Crippen molar-refractivity contribution in [3.8, 4) is 0 Å². The van der Waals surface area contributed by atoms with Gasteiger partial charge in [0.2, 0.25) is 10.0 Å². The number of carbonyl (C=O) groups excluding carboxylic acids is 1. The number of rotatable bonds is 4. The van der Waals surface area contributed by atoms with Gasteiger partial charge in [0.05, 0.1) is 5.02 Å². The van der Waals surface area contributed by atoms with Crippen molar-refractivity contribution in [2.75, 3.05) is 18.4 Å². The maximum absolute atomic E-state index is 12.8. The molecule has 5 nitrogen and oxygen atoms in total. The molecule has 1 saturated heterocycles. The molecule has 3 rings (SSSR count). The van der Waals surface area contributed by atoms with Crippen molar-refractivity contribution >= 4 is 33.2 Å². The number of hydrogen-bond donors (Lipinski definition) is 1. The van der Waals surface area contributed by atoms with Gasteiger partial charge in [-0.3, -0.25) is 4.79 Å². The van der Waals surface area contributed by atoms with E-state index in [9.17, 15) is 13.2 Å². The van der Waals surface area contributed by atoms with Crippen LogP contribution < -0.4 is 5.32 Å². The number of amides is 1. The fraction of sp³-hybridized carbons (Fsp3) is 0.316. The molecule has 7 heteroatoms. The number of carbonyl (C=O) groups is 1. The highest BCUT2D eigenvalue weighted by atomic mass is 35.5. The molecule has 26 heavy (non-hydrogen) atoms. The minimum atomic E-state index is -3.69. The van der Waals surface area contributed by atoms with Crippen molar-refractivity contribution in [1.29, 1.82) is 0 Å². The number of anilines is 1. The molecule has 1 aliphatic rings. The minimum Gasteiger partial charge on any atom is -0.322 e. The topological polar surface area (TPSA) is 66.5 Å². The Kier molecular flexibility index (Phi) is 5.37. The number of benzene rings is 2. The summed E-state index contributed by atoms with van der Waals surface area (Å²) in [5, 5.41) is 3.00. The highest BCUT2D eigenvalue weighted by molar-refractivity contribution is 7.89. The predicted octanol–water partition coefficient (Wildman–Crippen LogP) is 3.99. The molecule has 1 N–H and O–H groups in total. The summed E-state index contributed by atoms with van der Waals surface area (Å²) in [6.45, 7) is 4.79. The van der Waals surface area contributed by atoms with E-state index in [1.54, 1.807) is 0 Å². The highest BCUT2D eigenvalue weighted by Crippen LogP contribution is 2.29. The summed E-state index contributed by atoms with van der Waals surface area (Å²) in [4.78, 5) is 12.6. The Bertz CT molecular complexity index is 931. The number of nitrogens with one attached hydrogen (secondary N) is 1. The van der Waals surface area contributed by atoms with Crippen molar-refractivity contribution in [1.82, 2.24) is 4.31 Å². The predicted molar refractivity (Wildman–Crippen MR) is 103 cm³/mol. The lowest BCUT2D eigenvalue weighted by Gasteiger charge is -2.17. The van der Waals surface area contributed by atoms with Crippen molar-refractivity contribution in [3.05, 3.63) is 58.1 Å². The van der Waals surface area contributed by atoms with Crippen LogP contribution in [0.4, 0.5) is 5.69 Å². The zero-order valence-electron chi connectivity index (χ0n) is 14.8. The number of aryl methyl sites for hydroxylation is 2. The largest absolute Gasteiger partial charge is 0.322 e. The molecule has 0 aromatic heterocycles. The summed E-state index contributed by atoms with van der Waals surface area (Å²) in [5.41, 5.74) is 2.88. The second-order valence-corrected chi connectivity index (χ2v) is 8.79. The third-order valence-electron chi connectivity index (χ3n) is 4.60. The van der Waals surface area contributed by atoms with Gasteiger partial charge in [-0.25, -0.2) is 8.42 Å². The molecule has 0 radical (unpaired) electrons. The van der Waals surface area contributed by atoms with Crippen LogP contribution in [0.15, 0.2) is 41.3 Å². The summed E-state index contributed by atoms with van der Waals surface area (Å²) in [6, 6.07) is 10.1. The number of sulfonamides is 1. The SMILES string of the molecule is Cc1cccc(C)c1NC(=O)c1ccc(Cl)c(S(=O)(=O)N2CCCC2)c1. The van der Waals surface area contributed by atoms with Crippen LogP contribution in [0.1, 0.15) is 34.3 Å². The number of nitrogens with zero attached hydrogens (tertiary/aromatic N) is 1. The maximum atomic E-state index is 12.8. The first-order valence-electron chi connectivity index (χ1n) is 8.48. The lowest BCUT2D eigenvalue weighted by molar-refractivity contribution is 0.102. The molecule has 1 aliphatic heterocycles. The minimum absolute atomic E-state index is 0.0183. The van der Waals surface area contributed by atoms with Crippen LogP contribution in [0.5, 0.6) is 0 Å². The van der Waals surface area contributed by atoms with Crippen LogP contribution in [0, 0.1) is 13.8 Å². The molecular formula is C19H21ClN2O3S. The van der Waals surface area contributed by atoms with Crippen molar-refractivity contribution < 1.29 is 13.2 Å². The molecule has 0 spiro atoms. The Morgan fingerprint density at radius 1 is 1.08 bits per heavy atom. The number of halogens is 1. The summed E-state index contributed by atoms with van der Waals surface area (Å²) >= 11 is 6.14. The Balaban J connectivity index is 1.93. The van der Waals surface area contributed by atoms with Gasteiger partial charge in [-0.1, -0.05) is 29.8 Å². The van der Waals surface area contributed by atoms with Gasteiger partial charge < -0.3 is 5.32 Å². The third-order valence-corrected chi connectivity index (χ3v) is 6.98. The van der Waals surface area contributed by atoms with Crippen LogP contribution in [-0.2, 0) is 10.0 Å². The van der Waals surface area contributed by atoms with Gasteiger partial charge in [0, 0.05) is 24.3 Å². The average molecular weight is 393 g/mol. The van der Waals surface area contributed by atoms with Gasteiger partial charge in [0.15, 0.2) is 0 Å². The van der Waals surface area contributed by atoms with E-state index in [0.717, 1.165) is 29.7 Å². The molecule has 0 unspecified atom stereocenters. The fourth-order valence-electron chi connectivity index (χ4n) is 3.11. The molecule has 138 valence electrons. The summed E-state index contributed by atoms with van der Waals surface area (Å²) in [6.07, 6.45) is 1.67. The fourth-order valence-corrected chi connectivity index (χ4v) is 5.12. The van der Waals surface area contributed by atoms with Gasteiger partial charge >= 0.3 is 0 Å². The quantitative estimate of drug-likeness (QED) is 0.855. The Morgan fingerprint density at radius 2 is 1.69 bits per heavy atom. The van der Waals surface area contributed by atoms with Crippen molar-refractivity contribution in [3.63, 3.8) is 0 Å². The van der Waals surface area contributed by atoms with Crippen LogP contribution in [0.3, 0.4) is 0 Å². The highest BCUT2D eigenvalue weighted by Gasteiger charge is 2.29. The van der Waals surface area contributed by atoms with Crippen LogP contribution >= 0.6 is 11.6 Å². The molecule has 0 atom stereocenters. The van der Waals surface area contributed by atoms with Gasteiger partial charge in [0.1, 0.15) is 4.90 Å². The summed E-state index contributed by atoms with van der Waals surface area (Å²) in [7, 11) is -3.69. The zero-order valence-corrected chi connectivity index (χ0v) is 16.3. The molecule has 1 amide bonds. The molecule has 2 aromatic rings. The van der Waals surface area contributed by atoms with Crippen molar-refractivity contribution in [2.45, 2.75) is 31.6 Å². The Labute approximate surface area is 159 Å². The van der Waals surface area contributed by atoms with Gasteiger partial charge in [-0.15, -0.1) is 0 Å². The standard InChI is InChI=1S/C19H21ClN2O3S/c1-13-6-5-7-14(2)18(13)21-19(23)15-8-9-16(20)17(12-15)26(24,25)22-10-3-4-11-22/h5-9,12H,3-4,10-11H2,1-2H3,(H,21,23). The van der Waals surface area contributed by atoms with Gasteiger partial charge in [-0.2, -0.15) is 4.31 Å². The van der Waals surface area contributed by atoms with E-state index in [1.807, 2.05) is 32.0 Å². The molecule has 0 saturated carbocycles. The van der Waals surface area contributed by atoms with E-state index in [1.165, 1.54) is 22.5 Å². The monoisotopic (exact) mass is 392 g/mol. The first-order chi connectivity index (χ1) is 12.3. The van der Waals surface area contributed by atoms with E-state index in [0.29, 0.717) is 13.1 Å². The zero-order chi connectivity index (χ0) is 18.9. The molecule has 0 aliphatic carbocycles. The maximum Gasteiger partial charge on any atom is 0.255 e. The molecule has 0 bridgehead atoms. The summed E-state index contributed by atoms with van der Waals surface area (Å²) in [5.74, 6) is -0.364. The van der Waals surface area contributed by atoms with Crippen LogP contribution in [-0.4, -0.2) is 31.7 Å². The van der Waals surface area contributed by atoms with Gasteiger partial charge in [0.25, 0.3) is 5.91 Å².